The number of hydrogen-bond donors (Lipinski definition) is 0. The second kappa shape index (κ2) is 5.88. The molecule has 0 spiro atoms. The zero-order valence-electron chi connectivity index (χ0n) is 12.2. The Kier molecular flexibility index (Phi) is 3.97. The molecule has 2 aliphatic heterocycles. The molecule has 1 fully saturated rings. The van der Waals surface area contributed by atoms with Gasteiger partial charge in [0.25, 0.3) is 0 Å². The number of benzene rings is 1. The maximum Gasteiger partial charge on any atom is 0.161 e. The standard InChI is InChI=1S/C17H23NO2/c1-13(12-18-7-3-4-8-18)14(2)15-5-6-16-17(11-15)20-10-9-19-16/h5-6,11,13H,2-4,7-10,12H2,1H3/t13-/m1/s1. The van der Waals surface area contributed by atoms with Crippen molar-refractivity contribution < 1.29 is 9.47 Å². The van der Waals surface area contributed by atoms with Crippen LogP contribution in [-0.2, 0) is 0 Å². The summed E-state index contributed by atoms with van der Waals surface area (Å²) >= 11 is 0. The van der Waals surface area contributed by atoms with Gasteiger partial charge in [-0.3, -0.25) is 0 Å². The summed E-state index contributed by atoms with van der Waals surface area (Å²) in [4.78, 5) is 2.54. The summed E-state index contributed by atoms with van der Waals surface area (Å²) in [6.45, 7) is 11.4. The van der Waals surface area contributed by atoms with Crippen LogP contribution in [-0.4, -0.2) is 37.7 Å². The first kappa shape index (κ1) is 13.5. The van der Waals surface area contributed by atoms with E-state index in [1.165, 1.54) is 37.1 Å². The van der Waals surface area contributed by atoms with Crippen molar-refractivity contribution in [2.75, 3.05) is 32.8 Å². The van der Waals surface area contributed by atoms with Gasteiger partial charge in [-0.15, -0.1) is 0 Å². The Labute approximate surface area is 121 Å². The summed E-state index contributed by atoms with van der Waals surface area (Å²) in [5, 5.41) is 0. The molecular formula is C17H23NO2. The molecule has 0 N–H and O–H groups in total. The molecule has 1 atom stereocenters. The molecule has 0 amide bonds. The number of fused-ring (bicyclic) bond motifs is 1. The van der Waals surface area contributed by atoms with Gasteiger partial charge in [0, 0.05) is 6.54 Å². The molecule has 20 heavy (non-hydrogen) atoms. The summed E-state index contributed by atoms with van der Waals surface area (Å²) < 4.78 is 11.2. The zero-order valence-corrected chi connectivity index (χ0v) is 12.2. The SMILES string of the molecule is C=C(c1ccc2c(c1)OCCO2)[C@H](C)CN1CCCC1. The molecule has 2 aliphatic rings. The largest absolute Gasteiger partial charge is 0.486 e. The lowest BCUT2D eigenvalue weighted by atomic mass is 9.94. The van der Waals surface area contributed by atoms with E-state index in [1.807, 2.05) is 6.07 Å². The Hall–Kier alpha value is -1.48. The van der Waals surface area contributed by atoms with Crippen molar-refractivity contribution in [3.05, 3.63) is 30.3 Å². The summed E-state index contributed by atoms with van der Waals surface area (Å²) in [5.74, 6) is 2.17. The van der Waals surface area contributed by atoms with Crippen LogP contribution >= 0.6 is 0 Å². The van der Waals surface area contributed by atoms with Crippen LogP contribution in [0.2, 0.25) is 0 Å². The van der Waals surface area contributed by atoms with E-state index in [1.54, 1.807) is 0 Å². The highest BCUT2D eigenvalue weighted by atomic mass is 16.6. The molecule has 3 heteroatoms. The summed E-state index contributed by atoms with van der Waals surface area (Å²) in [7, 11) is 0. The zero-order chi connectivity index (χ0) is 13.9. The van der Waals surface area contributed by atoms with E-state index in [0.717, 1.165) is 18.0 Å². The Morgan fingerprint density at radius 1 is 1.20 bits per heavy atom. The van der Waals surface area contributed by atoms with Crippen molar-refractivity contribution in [2.45, 2.75) is 19.8 Å². The van der Waals surface area contributed by atoms with Crippen LogP contribution in [0.25, 0.3) is 5.57 Å². The lowest BCUT2D eigenvalue weighted by Crippen LogP contribution is -2.25. The normalized spacial score (nSPS) is 19.9. The van der Waals surface area contributed by atoms with E-state index in [-0.39, 0.29) is 0 Å². The Morgan fingerprint density at radius 3 is 2.65 bits per heavy atom. The first-order chi connectivity index (χ1) is 9.74. The van der Waals surface area contributed by atoms with Crippen LogP contribution in [0.5, 0.6) is 11.5 Å². The number of rotatable bonds is 4. The highest BCUT2D eigenvalue weighted by Gasteiger charge is 2.19. The highest BCUT2D eigenvalue weighted by molar-refractivity contribution is 5.68. The van der Waals surface area contributed by atoms with Crippen molar-refractivity contribution in [2.24, 2.45) is 5.92 Å². The Balaban J connectivity index is 1.69. The van der Waals surface area contributed by atoms with Gasteiger partial charge in [-0.1, -0.05) is 19.6 Å². The van der Waals surface area contributed by atoms with E-state index < -0.39 is 0 Å². The van der Waals surface area contributed by atoms with Crippen LogP contribution in [0.3, 0.4) is 0 Å². The highest BCUT2D eigenvalue weighted by Crippen LogP contribution is 2.34. The number of nitrogens with zero attached hydrogens (tertiary/aromatic N) is 1. The van der Waals surface area contributed by atoms with Crippen LogP contribution in [0.4, 0.5) is 0 Å². The molecule has 0 aliphatic carbocycles. The summed E-state index contributed by atoms with van der Waals surface area (Å²) in [6, 6.07) is 6.16. The van der Waals surface area contributed by atoms with Crippen molar-refractivity contribution in [1.29, 1.82) is 0 Å². The maximum atomic E-state index is 5.65. The van der Waals surface area contributed by atoms with Gasteiger partial charge in [0.15, 0.2) is 11.5 Å². The topological polar surface area (TPSA) is 21.7 Å². The van der Waals surface area contributed by atoms with Crippen molar-refractivity contribution in [3.8, 4) is 11.5 Å². The van der Waals surface area contributed by atoms with Crippen molar-refractivity contribution >= 4 is 5.57 Å². The average molecular weight is 273 g/mol. The van der Waals surface area contributed by atoms with E-state index in [9.17, 15) is 0 Å². The quantitative estimate of drug-likeness (QED) is 0.841. The molecule has 0 bridgehead atoms. The van der Waals surface area contributed by atoms with Gasteiger partial charge in [0.1, 0.15) is 13.2 Å². The lowest BCUT2D eigenvalue weighted by Gasteiger charge is -2.23. The van der Waals surface area contributed by atoms with Gasteiger partial charge in [-0.2, -0.15) is 0 Å². The third kappa shape index (κ3) is 2.83. The third-order valence-corrected chi connectivity index (χ3v) is 4.24. The lowest BCUT2D eigenvalue weighted by molar-refractivity contribution is 0.171. The van der Waals surface area contributed by atoms with Gasteiger partial charge < -0.3 is 14.4 Å². The number of hydrogen-bond acceptors (Lipinski definition) is 3. The predicted molar refractivity (Wildman–Crippen MR) is 81.3 cm³/mol. The molecule has 0 unspecified atom stereocenters. The molecule has 0 aromatic heterocycles. The molecule has 2 heterocycles. The molecule has 1 aromatic carbocycles. The molecule has 3 nitrogen and oxygen atoms in total. The average Bonchev–Trinajstić information content (AvgIpc) is 2.99. The number of likely N-dealkylation sites (tertiary alicyclic amines) is 1. The second-order valence-electron chi connectivity index (χ2n) is 5.79. The molecule has 1 saturated heterocycles. The fourth-order valence-electron chi connectivity index (χ4n) is 2.99. The minimum absolute atomic E-state index is 0.468. The van der Waals surface area contributed by atoms with Gasteiger partial charge in [-0.05, 0) is 55.1 Å². The van der Waals surface area contributed by atoms with Crippen molar-refractivity contribution in [3.63, 3.8) is 0 Å². The van der Waals surface area contributed by atoms with Crippen LogP contribution in [0.1, 0.15) is 25.3 Å². The van der Waals surface area contributed by atoms with E-state index in [4.69, 9.17) is 9.47 Å². The van der Waals surface area contributed by atoms with Crippen LogP contribution < -0.4 is 9.47 Å². The smallest absolute Gasteiger partial charge is 0.161 e. The summed E-state index contributed by atoms with van der Waals surface area (Å²) in [5.41, 5.74) is 2.36. The molecule has 3 rings (SSSR count). The minimum Gasteiger partial charge on any atom is -0.486 e. The molecular weight excluding hydrogens is 250 g/mol. The molecule has 1 aromatic rings. The fourth-order valence-corrected chi connectivity index (χ4v) is 2.99. The molecule has 0 radical (unpaired) electrons. The maximum absolute atomic E-state index is 5.65. The van der Waals surface area contributed by atoms with E-state index >= 15 is 0 Å². The Bertz CT molecular complexity index is 492. The molecule has 108 valence electrons. The first-order valence-corrected chi connectivity index (χ1v) is 7.55. The van der Waals surface area contributed by atoms with E-state index in [0.29, 0.717) is 19.1 Å². The van der Waals surface area contributed by atoms with Gasteiger partial charge in [0.2, 0.25) is 0 Å². The van der Waals surface area contributed by atoms with Crippen molar-refractivity contribution in [1.82, 2.24) is 4.90 Å². The first-order valence-electron chi connectivity index (χ1n) is 7.55. The second-order valence-corrected chi connectivity index (χ2v) is 5.79. The van der Waals surface area contributed by atoms with Gasteiger partial charge in [-0.25, -0.2) is 0 Å². The summed E-state index contributed by atoms with van der Waals surface area (Å²) in [6.07, 6.45) is 2.67. The fraction of sp³-hybridized carbons (Fsp3) is 0.529. The Morgan fingerprint density at radius 2 is 1.90 bits per heavy atom. The minimum atomic E-state index is 0.468. The van der Waals surface area contributed by atoms with Crippen LogP contribution in [0.15, 0.2) is 24.8 Å². The predicted octanol–water partition coefficient (Wildman–Crippen LogP) is 3.20. The van der Waals surface area contributed by atoms with Gasteiger partial charge in [0.05, 0.1) is 0 Å². The number of ether oxygens (including phenoxy) is 2. The third-order valence-electron chi connectivity index (χ3n) is 4.24. The van der Waals surface area contributed by atoms with Crippen LogP contribution in [0, 0.1) is 5.92 Å². The van der Waals surface area contributed by atoms with Gasteiger partial charge >= 0.3 is 0 Å². The molecule has 0 saturated carbocycles. The monoisotopic (exact) mass is 273 g/mol. The van der Waals surface area contributed by atoms with E-state index in [2.05, 4.69) is 30.5 Å².